The molecule has 0 saturated carbocycles. The van der Waals surface area contributed by atoms with Crippen LogP contribution in [0.5, 0.6) is 0 Å². The molecule has 4 heteroatoms. The predicted molar refractivity (Wildman–Crippen MR) is 65.8 cm³/mol. The lowest BCUT2D eigenvalue weighted by Gasteiger charge is -2.23. The Labute approximate surface area is 101 Å². The summed E-state index contributed by atoms with van der Waals surface area (Å²) < 4.78 is 13.1. The Morgan fingerprint density at radius 2 is 2.18 bits per heavy atom. The average Bonchev–Trinajstić information content (AvgIpc) is 2.20. The van der Waals surface area contributed by atoms with Crippen molar-refractivity contribution in [3.63, 3.8) is 0 Å². The molecule has 0 spiro atoms. The van der Waals surface area contributed by atoms with E-state index >= 15 is 0 Å². The number of rotatable bonds is 5. The fourth-order valence-electron chi connectivity index (χ4n) is 1.80. The molecule has 0 radical (unpaired) electrons. The van der Waals surface area contributed by atoms with Crippen molar-refractivity contribution >= 4 is 11.7 Å². The van der Waals surface area contributed by atoms with Crippen LogP contribution in [-0.2, 0) is 4.79 Å². The minimum atomic E-state index is -0.791. The molecule has 1 aromatic carbocycles. The number of carboxylic acid groups (broad SMARTS) is 1. The van der Waals surface area contributed by atoms with Gasteiger partial charge < -0.3 is 10.0 Å². The summed E-state index contributed by atoms with van der Waals surface area (Å²) >= 11 is 0. The van der Waals surface area contributed by atoms with Gasteiger partial charge in [-0.2, -0.15) is 0 Å². The Kier molecular flexibility index (Phi) is 4.49. The molecule has 1 atom stereocenters. The molecule has 3 nitrogen and oxygen atoms in total. The smallest absolute Gasteiger partial charge is 0.303 e. The molecular formula is C13H18FNO2. The van der Waals surface area contributed by atoms with Gasteiger partial charge in [-0.3, -0.25) is 4.79 Å². The van der Waals surface area contributed by atoms with E-state index in [0.29, 0.717) is 12.1 Å². The van der Waals surface area contributed by atoms with E-state index in [-0.39, 0.29) is 18.2 Å². The molecule has 0 saturated heterocycles. The molecule has 0 fully saturated rings. The number of hydrogen-bond donors (Lipinski definition) is 1. The molecule has 0 heterocycles. The molecule has 1 rings (SSSR count). The number of halogens is 1. The molecule has 1 unspecified atom stereocenters. The molecule has 0 aliphatic rings. The van der Waals surface area contributed by atoms with Gasteiger partial charge >= 0.3 is 5.97 Å². The number of carboxylic acids is 1. The normalized spacial score (nSPS) is 12.2. The van der Waals surface area contributed by atoms with Gasteiger partial charge in [-0.25, -0.2) is 4.39 Å². The first-order valence-electron chi connectivity index (χ1n) is 5.59. The highest BCUT2D eigenvalue weighted by Gasteiger charge is 2.11. The van der Waals surface area contributed by atoms with Gasteiger partial charge in [0.1, 0.15) is 5.82 Å². The van der Waals surface area contributed by atoms with Crippen molar-refractivity contribution in [3.8, 4) is 0 Å². The van der Waals surface area contributed by atoms with Gasteiger partial charge in [-0.15, -0.1) is 0 Å². The number of benzene rings is 1. The quantitative estimate of drug-likeness (QED) is 0.858. The SMILES string of the molecule is Cc1cc(N(C)CC(C)CC(=O)O)ccc1F. The van der Waals surface area contributed by atoms with E-state index in [4.69, 9.17) is 5.11 Å². The summed E-state index contributed by atoms with van der Waals surface area (Å²) in [5.41, 5.74) is 1.50. The summed E-state index contributed by atoms with van der Waals surface area (Å²) in [6, 6.07) is 4.90. The summed E-state index contributed by atoms with van der Waals surface area (Å²) in [5, 5.41) is 8.68. The van der Waals surface area contributed by atoms with Crippen LogP contribution < -0.4 is 4.90 Å². The van der Waals surface area contributed by atoms with Gasteiger partial charge in [0.15, 0.2) is 0 Å². The van der Waals surface area contributed by atoms with Gasteiger partial charge in [0, 0.05) is 25.7 Å². The van der Waals surface area contributed by atoms with Crippen molar-refractivity contribution in [1.82, 2.24) is 0 Å². The van der Waals surface area contributed by atoms with Gasteiger partial charge in [0.2, 0.25) is 0 Å². The maximum atomic E-state index is 13.1. The lowest BCUT2D eigenvalue weighted by atomic mass is 10.1. The fourth-order valence-corrected chi connectivity index (χ4v) is 1.80. The van der Waals surface area contributed by atoms with Crippen molar-refractivity contribution in [2.45, 2.75) is 20.3 Å². The van der Waals surface area contributed by atoms with E-state index in [9.17, 15) is 9.18 Å². The van der Waals surface area contributed by atoms with Crippen LogP contribution in [-0.4, -0.2) is 24.7 Å². The van der Waals surface area contributed by atoms with Crippen LogP contribution in [0.2, 0.25) is 0 Å². The Balaban J connectivity index is 2.66. The van der Waals surface area contributed by atoms with Crippen LogP contribution in [0.15, 0.2) is 18.2 Å². The van der Waals surface area contributed by atoms with E-state index in [1.807, 2.05) is 18.9 Å². The minimum absolute atomic E-state index is 0.0582. The molecular weight excluding hydrogens is 221 g/mol. The molecule has 0 aliphatic carbocycles. The van der Waals surface area contributed by atoms with Crippen LogP contribution in [0, 0.1) is 18.7 Å². The first kappa shape index (κ1) is 13.5. The van der Waals surface area contributed by atoms with Crippen molar-refractivity contribution < 1.29 is 14.3 Å². The maximum absolute atomic E-state index is 13.1. The average molecular weight is 239 g/mol. The van der Waals surface area contributed by atoms with E-state index in [1.54, 1.807) is 19.1 Å². The summed E-state index contributed by atoms with van der Waals surface area (Å²) in [4.78, 5) is 12.5. The number of aryl methyl sites for hydroxylation is 1. The fraction of sp³-hybridized carbons (Fsp3) is 0.462. The second kappa shape index (κ2) is 5.66. The van der Waals surface area contributed by atoms with Crippen LogP contribution in [0.1, 0.15) is 18.9 Å². The number of hydrogen-bond acceptors (Lipinski definition) is 2. The maximum Gasteiger partial charge on any atom is 0.303 e. The lowest BCUT2D eigenvalue weighted by molar-refractivity contribution is -0.137. The second-order valence-electron chi connectivity index (χ2n) is 4.52. The number of nitrogens with zero attached hydrogens (tertiary/aromatic N) is 1. The van der Waals surface area contributed by atoms with Gasteiger partial charge in [0.25, 0.3) is 0 Å². The molecule has 0 aromatic heterocycles. The molecule has 94 valence electrons. The minimum Gasteiger partial charge on any atom is -0.481 e. The largest absolute Gasteiger partial charge is 0.481 e. The third-order valence-corrected chi connectivity index (χ3v) is 2.69. The van der Waals surface area contributed by atoms with Crippen molar-refractivity contribution in [1.29, 1.82) is 0 Å². The highest BCUT2D eigenvalue weighted by Crippen LogP contribution is 2.18. The summed E-state index contributed by atoms with van der Waals surface area (Å²) in [6.07, 6.45) is 0.143. The molecule has 1 aromatic rings. The topological polar surface area (TPSA) is 40.5 Å². The zero-order valence-electron chi connectivity index (χ0n) is 10.4. The van der Waals surface area contributed by atoms with Gasteiger partial charge in [-0.1, -0.05) is 6.92 Å². The van der Waals surface area contributed by atoms with Crippen LogP contribution >= 0.6 is 0 Å². The second-order valence-corrected chi connectivity index (χ2v) is 4.52. The van der Waals surface area contributed by atoms with Crippen LogP contribution in [0.3, 0.4) is 0 Å². The third-order valence-electron chi connectivity index (χ3n) is 2.69. The van der Waals surface area contributed by atoms with E-state index in [2.05, 4.69) is 0 Å². The molecule has 17 heavy (non-hydrogen) atoms. The zero-order valence-corrected chi connectivity index (χ0v) is 10.4. The summed E-state index contributed by atoms with van der Waals surface area (Å²) in [7, 11) is 1.88. The van der Waals surface area contributed by atoms with Crippen molar-refractivity contribution in [3.05, 3.63) is 29.6 Å². The van der Waals surface area contributed by atoms with Gasteiger partial charge in [-0.05, 0) is 36.6 Å². The number of aliphatic carboxylic acids is 1. The molecule has 1 N–H and O–H groups in total. The third kappa shape index (κ3) is 4.06. The Morgan fingerprint density at radius 1 is 1.53 bits per heavy atom. The first-order valence-corrected chi connectivity index (χ1v) is 5.59. The Hall–Kier alpha value is -1.58. The van der Waals surface area contributed by atoms with Crippen LogP contribution in [0.4, 0.5) is 10.1 Å². The lowest BCUT2D eigenvalue weighted by Crippen LogP contribution is -2.25. The van der Waals surface area contributed by atoms with E-state index in [0.717, 1.165) is 5.69 Å². The van der Waals surface area contributed by atoms with Gasteiger partial charge in [0.05, 0.1) is 0 Å². The summed E-state index contributed by atoms with van der Waals surface area (Å²) in [6.45, 7) is 4.24. The highest BCUT2D eigenvalue weighted by molar-refractivity contribution is 5.67. The van der Waals surface area contributed by atoms with Crippen molar-refractivity contribution in [2.75, 3.05) is 18.5 Å². The Bertz CT molecular complexity index is 406. The monoisotopic (exact) mass is 239 g/mol. The first-order chi connectivity index (χ1) is 7.90. The van der Waals surface area contributed by atoms with E-state index in [1.165, 1.54) is 6.07 Å². The number of anilines is 1. The molecule has 0 aliphatic heterocycles. The predicted octanol–water partition coefficient (Wildman–Crippen LogP) is 2.68. The molecule has 0 amide bonds. The molecule has 0 bridgehead atoms. The standard InChI is InChI=1S/C13H18FNO2/c1-9(6-13(16)17)8-15(3)11-4-5-12(14)10(2)7-11/h4-5,7,9H,6,8H2,1-3H3,(H,16,17). The zero-order chi connectivity index (χ0) is 13.0. The van der Waals surface area contributed by atoms with Crippen molar-refractivity contribution in [2.24, 2.45) is 5.92 Å². The highest BCUT2D eigenvalue weighted by atomic mass is 19.1. The van der Waals surface area contributed by atoms with Crippen LogP contribution in [0.25, 0.3) is 0 Å². The number of carbonyl (C=O) groups is 1. The summed E-state index contributed by atoms with van der Waals surface area (Å²) in [5.74, 6) is -0.954. The Morgan fingerprint density at radius 3 is 2.71 bits per heavy atom. The van der Waals surface area contributed by atoms with E-state index < -0.39 is 5.97 Å².